The zero-order chi connectivity index (χ0) is 14.1. The molecule has 0 heterocycles. The van der Waals surface area contributed by atoms with Crippen LogP contribution in [0, 0.1) is 0 Å². The fourth-order valence-electron chi connectivity index (χ4n) is 2.85. The Balaban J connectivity index is 1.90. The van der Waals surface area contributed by atoms with Crippen molar-refractivity contribution in [3.63, 3.8) is 0 Å². The fourth-order valence-corrected chi connectivity index (χ4v) is 2.85. The van der Waals surface area contributed by atoms with Crippen LogP contribution in [0.5, 0.6) is 0 Å². The molecule has 0 fully saturated rings. The van der Waals surface area contributed by atoms with Crippen LogP contribution in [0.25, 0.3) is 21.5 Å². The zero-order valence-corrected chi connectivity index (χ0v) is 11.7. The summed E-state index contributed by atoms with van der Waals surface area (Å²) in [5.74, 6) is 0. The maximum Gasteiger partial charge on any atom is 0.192 e. The van der Waals surface area contributed by atoms with Crippen molar-refractivity contribution < 1.29 is 0 Å². The molecule has 4 aromatic carbocycles. The first-order valence-electron chi connectivity index (χ1n) is 7.21. The van der Waals surface area contributed by atoms with Crippen LogP contribution in [0.1, 0.15) is 0 Å². The quantitative estimate of drug-likeness (QED) is 0.383. The molecule has 21 heavy (non-hydrogen) atoms. The van der Waals surface area contributed by atoms with Crippen molar-refractivity contribution in [2.75, 3.05) is 0 Å². The van der Waals surface area contributed by atoms with Crippen LogP contribution < -0.4 is 10.9 Å². The maximum absolute atomic E-state index is 2.29. The SMILES string of the molecule is [B](c1ccccc1)c1cccc2cc3ccccc3cc12. The molecule has 1 radical (unpaired) electrons. The third-order valence-electron chi connectivity index (χ3n) is 3.90. The minimum atomic E-state index is 1.23. The van der Waals surface area contributed by atoms with Gasteiger partial charge in [-0.25, -0.2) is 0 Å². The van der Waals surface area contributed by atoms with Gasteiger partial charge in [0, 0.05) is 0 Å². The van der Waals surface area contributed by atoms with Gasteiger partial charge in [-0.1, -0.05) is 83.7 Å². The molecule has 0 aromatic heterocycles. The second-order valence-electron chi connectivity index (χ2n) is 5.32. The summed E-state index contributed by atoms with van der Waals surface area (Å²) >= 11 is 0. The first kappa shape index (κ1) is 12.2. The summed E-state index contributed by atoms with van der Waals surface area (Å²) in [5.41, 5.74) is 2.50. The van der Waals surface area contributed by atoms with Crippen molar-refractivity contribution in [3.05, 3.63) is 84.9 Å². The molecule has 0 saturated carbocycles. The van der Waals surface area contributed by atoms with Crippen LogP contribution in [0.4, 0.5) is 0 Å². The zero-order valence-electron chi connectivity index (χ0n) is 11.7. The lowest BCUT2D eigenvalue weighted by atomic mass is 9.62. The van der Waals surface area contributed by atoms with E-state index in [0.717, 1.165) is 0 Å². The van der Waals surface area contributed by atoms with Crippen molar-refractivity contribution in [3.8, 4) is 0 Å². The molecule has 1 heteroatoms. The molecule has 0 unspecified atom stereocenters. The van der Waals surface area contributed by atoms with Crippen LogP contribution in [0.15, 0.2) is 84.9 Å². The minimum Gasteiger partial charge on any atom is -0.0814 e. The van der Waals surface area contributed by atoms with Gasteiger partial charge in [-0.15, -0.1) is 0 Å². The molecule has 0 aliphatic rings. The molecular weight excluding hydrogens is 251 g/mol. The molecule has 0 amide bonds. The average Bonchev–Trinajstić information content (AvgIpc) is 2.54. The largest absolute Gasteiger partial charge is 0.192 e. The van der Waals surface area contributed by atoms with Gasteiger partial charge in [0.2, 0.25) is 0 Å². The first-order chi connectivity index (χ1) is 10.4. The number of benzene rings is 4. The number of rotatable bonds is 2. The Morgan fingerprint density at radius 3 is 2.00 bits per heavy atom. The predicted molar refractivity (Wildman–Crippen MR) is 92.9 cm³/mol. The summed E-state index contributed by atoms with van der Waals surface area (Å²) in [5, 5.41) is 5.18. The standard InChI is InChI=1S/C20H14B/c1-2-10-18(11-3-1)21-20-12-6-9-17-13-15-7-4-5-8-16(15)14-19(17)20/h1-14H. The Hall–Kier alpha value is -2.54. The van der Waals surface area contributed by atoms with Gasteiger partial charge >= 0.3 is 0 Å². The highest BCUT2D eigenvalue weighted by Gasteiger charge is 2.05. The van der Waals surface area contributed by atoms with E-state index in [1.807, 2.05) is 6.07 Å². The molecule has 4 aromatic rings. The smallest absolute Gasteiger partial charge is 0.0814 e. The van der Waals surface area contributed by atoms with Crippen LogP contribution in [-0.4, -0.2) is 7.28 Å². The summed E-state index contributed by atoms with van der Waals surface area (Å²) < 4.78 is 0. The second-order valence-corrected chi connectivity index (χ2v) is 5.32. The van der Waals surface area contributed by atoms with Gasteiger partial charge in [-0.3, -0.25) is 0 Å². The average molecular weight is 265 g/mol. The highest BCUT2D eigenvalue weighted by atomic mass is 14.0. The van der Waals surface area contributed by atoms with Gasteiger partial charge in [0.25, 0.3) is 0 Å². The van der Waals surface area contributed by atoms with Crippen molar-refractivity contribution >= 4 is 39.8 Å². The van der Waals surface area contributed by atoms with E-state index in [4.69, 9.17) is 0 Å². The Morgan fingerprint density at radius 2 is 1.19 bits per heavy atom. The molecule has 0 aliphatic carbocycles. The summed E-state index contributed by atoms with van der Waals surface area (Å²) in [6.45, 7) is 0. The normalized spacial score (nSPS) is 10.9. The molecule has 4 rings (SSSR count). The van der Waals surface area contributed by atoms with Gasteiger partial charge in [0.1, 0.15) is 0 Å². The fraction of sp³-hybridized carbons (Fsp3) is 0. The van der Waals surface area contributed by atoms with Gasteiger partial charge in [0.05, 0.1) is 0 Å². The van der Waals surface area contributed by atoms with Crippen LogP contribution in [0.3, 0.4) is 0 Å². The monoisotopic (exact) mass is 265 g/mol. The summed E-state index contributed by atoms with van der Waals surface area (Å²) in [4.78, 5) is 0. The molecule has 0 bridgehead atoms. The third kappa shape index (κ3) is 2.32. The molecule has 0 nitrogen and oxygen atoms in total. The number of hydrogen-bond acceptors (Lipinski definition) is 0. The molecule has 0 saturated heterocycles. The van der Waals surface area contributed by atoms with Crippen molar-refractivity contribution in [1.82, 2.24) is 0 Å². The molecule has 97 valence electrons. The van der Waals surface area contributed by atoms with Crippen LogP contribution in [-0.2, 0) is 0 Å². The van der Waals surface area contributed by atoms with Crippen LogP contribution >= 0.6 is 0 Å². The first-order valence-corrected chi connectivity index (χ1v) is 7.21. The summed E-state index contributed by atoms with van der Waals surface area (Å²) in [7, 11) is 2.25. The van der Waals surface area contributed by atoms with E-state index in [2.05, 4.69) is 86.1 Å². The van der Waals surface area contributed by atoms with E-state index in [1.54, 1.807) is 0 Å². The van der Waals surface area contributed by atoms with Crippen molar-refractivity contribution in [1.29, 1.82) is 0 Å². The lowest BCUT2D eigenvalue weighted by molar-refractivity contribution is 1.76. The Bertz CT molecular complexity index is 910. The van der Waals surface area contributed by atoms with Gasteiger partial charge in [-0.05, 0) is 33.7 Å². The molecule has 0 aliphatic heterocycles. The molecule has 0 spiro atoms. The van der Waals surface area contributed by atoms with E-state index in [-0.39, 0.29) is 0 Å². The molecule has 0 N–H and O–H groups in total. The number of hydrogen-bond donors (Lipinski definition) is 0. The Kier molecular flexibility index (Phi) is 2.97. The van der Waals surface area contributed by atoms with E-state index >= 15 is 0 Å². The Labute approximate surface area is 125 Å². The lowest BCUT2D eigenvalue weighted by Gasteiger charge is -2.08. The van der Waals surface area contributed by atoms with E-state index in [0.29, 0.717) is 0 Å². The Morgan fingerprint density at radius 1 is 0.524 bits per heavy atom. The maximum atomic E-state index is 2.29. The highest BCUT2D eigenvalue weighted by molar-refractivity contribution is 6.69. The minimum absolute atomic E-state index is 1.23. The van der Waals surface area contributed by atoms with E-state index < -0.39 is 0 Å². The predicted octanol–water partition coefficient (Wildman–Crippen LogP) is 3.65. The topological polar surface area (TPSA) is 0 Å². The van der Waals surface area contributed by atoms with Crippen LogP contribution in [0.2, 0.25) is 0 Å². The highest BCUT2D eigenvalue weighted by Crippen LogP contribution is 2.21. The third-order valence-corrected chi connectivity index (χ3v) is 3.90. The van der Waals surface area contributed by atoms with Crippen molar-refractivity contribution in [2.24, 2.45) is 0 Å². The second kappa shape index (κ2) is 5.10. The lowest BCUT2D eigenvalue weighted by Crippen LogP contribution is -2.27. The van der Waals surface area contributed by atoms with E-state index in [1.165, 1.54) is 32.5 Å². The van der Waals surface area contributed by atoms with Crippen molar-refractivity contribution in [2.45, 2.75) is 0 Å². The van der Waals surface area contributed by atoms with Gasteiger partial charge in [-0.2, -0.15) is 0 Å². The van der Waals surface area contributed by atoms with Gasteiger partial charge < -0.3 is 0 Å². The summed E-state index contributed by atoms with van der Waals surface area (Å²) in [6, 6.07) is 30.1. The summed E-state index contributed by atoms with van der Waals surface area (Å²) in [6.07, 6.45) is 0. The van der Waals surface area contributed by atoms with E-state index in [9.17, 15) is 0 Å². The van der Waals surface area contributed by atoms with Gasteiger partial charge in [0.15, 0.2) is 7.28 Å². The molecule has 0 atom stereocenters. The number of fused-ring (bicyclic) bond motifs is 2. The molecular formula is C20H14B.